The molecule has 3 rings (SSSR count). The van der Waals surface area contributed by atoms with Crippen LogP contribution < -0.4 is 5.32 Å². The number of carbonyl (C=O) groups is 1. The van der Waals surface area contributed by atoms with E-state index in [1.165, 1.54) is 18.2 Å². The Hall–Kier alpha value is -2.02. The van der Waals surface area contributed by atoms with E-state index in [9.17, 15) is 17.6 Å². The predicted molar refractivity (Wildman–Crippen MR) is 81.0 cm³/mol. The van der Waals surface area contributed by atoms with Crippen molar-refractivity contribution in [2.24, 2.45) is 0 Å². The average Bonchev–Trinajstić information content (AvgIpc) is 2.76. The quantitative estimate of drug-likeness (QED) is 0.911. The Bertz CT molecular complexity index is 859. The highest BCUT2D eigenvalue weighted by Gasteiger charge is 2.29. The van der Waals surface area contributed by atoms with Crippen molar-refractivity contribution < 1.29 is 17.6 Å². The van der Waals surface area contributed by atoms with Crippen LogP contribution in [-0.2, 0) is 9.84 Å². The van der Waals surface area contributed by atoms with Crippen molar-refractivity contribution >= 4 is 26.6 Å². The summed E-state index contributed by atoms with van der Waals surface area (Å²) in [4.78, 5) is 16.7. The molecule has 1 aliphatic heterocycles. The molecule has 1 saturated heterocycles. The van der Waals surface area contributed by atoms with Crippen molar-refractivity contribution in [3.63, 3.8) is 0 Å². The number of nitrogens with one attached hydrogen (secondary N) is 1. The molecule has 0 unspecified atom stereocenters. The molecule has 2 heterocycles. The molecule has 1 aromatic carbocycles. The zero-order chi connectivity index (χ0) is 15.9. The van der Waals surface area contributed by atoms with Gasteiger partial charge in [-0.1, -0.05) is 0 Å². The lowest BCUT2D eigenvalue weighted by atomic mass is 10.1. The zero-order valence-electron chi connectivity index (χ0n) is 12.0. The minimum absolute atomic E-state index is 0.0324. The number of aryl methyl sites for hydroxylation is 1. The second kappa shape index (κ2) is 5.31. The Morgan fingerprint density at radius 2 is 2.14 bits per heavy atom. The van der Waals surface area contributed by atoms with Crippen LogP contribution in [0.4, 0.5) is 4.39 Å². The van der Waals surface area contributed by atoms with Gasteiger partial charge in [0.2, 0.25) is 0 Å². The van der Waals surface area contributed by atoms with Crippen LogP contribution in [0, 0.1) is 12.7 Å². The minimum Gasteiger partial charge on any atom is -0.348 e. The van der Waals surface area contributed by atoms with Crippen molar-refractivity contribution in [3.8, 4) is 0 Å². The van der Waals surface area contributed by atoms with Crippen LogP contribution >= 0.6 is 0 Å². The number of halogens is 1. The molecule has 1 aliphatic rings. The number of rotatable bonds is 2. The van der Waals surface area contributed by atoms with E-state index in [4.69, 9.17) is 0 Å². The van der Waals surface area contributed by atoms with Gasteiger partial charge in [-0.2, -0.15) is 0 Å². The van der Waals surface area contributed by atoms with E-state index >= 15 is 0 Å². The molecule has 0 spiro atoms. The first-order valence-corrected chi connectivity index (χ1v) is 8.74. The number of aromatic nitrogens is 1. The molecule has 7 heteroatoms. The molecule has 1 aromatic heterocycles. The molecule has 0 saturated carbocycles. The van der Waals surface area contributed by atoms with Crippen LogP contribution in [0.5, 0.6) is 0 Å². The number of sulfone groups is 1. The number of carbonyl (C=O) groups excluding carboxylic acids is 1. The van der Waals surface area contributed by atoms with Gasteiger partial charge in [-0.15, -0.1) is 0 Å². The number of nitrogens with zero attached hydrogens (tertiary/aromatic N) is 1. The maximum absolute atomic E-state index is 13.3. The molecule has 0 bridgehead atoms. The monoisotopic (exact) mass is 322 g/mol. The predicted octanol–water partition coefficient (Wildman–Crippen LogP) is 1.60. The summed E-state index contributed by atoms with van der Waals surface area (Å²) >= 11 is 0. The standard InChI is InChI=1S/C15H15FN2O3S/c1-9-6-13(12-3-2-10(16)7-14(12)17-9)15(19)18-11-4-5-22(20,21)8-11/h2-3,6-7,11H,4-5,8H2,1H3,(H,18,19)/t11-/m0/s1. The fourth-order valence-electron chi connectivity index (χ4n) is 2.69. The van der Waals surface area contributed by atoms with E-state index < -0.39 is 15.7 Å². The summed E-state index contributed by atoms with van der Waals surface area (Å²) < 4.78 is 36.2. The summed E-state index contributed by atoms with van der Waals surface area (Å²) in [5.41, 5.74) is 1.39. The molecule has 1 fully saturated rings. The van der Waals surface area contributed by atoms with Gasteiger partial charge >= 0.3 is 0 Å². The Morgan fingerprint density at radius 1 is 1.36 bits per heavy atom. The maximum Gasteiger partial charge on any atom is 0.252 e. The fourth-order valence-corrected chi connectivity index (χ4v) is 4.37. The van der Waals surface area contributed by atoms with Gasteiger partial charge in [0, 0.05) is 23.2 Å². The summed E-state index contributed by atoms with van der Waals surface area (Å²) in [5, 5.41) is 3.29. The van der Waals surface area contributed by atoms with Crippen LogP contribution in [0.3, 0.4) is 0 Å². The maximum atomic E-state index is 13.3. The fraction of sp³-hybridized carbons (Fsp3) is 0.333. The van der Waals surface area contributed by atoms with Crippen molar-refractivity contribution in [2.45, 2.75) is 19.4 Å². The second-order valence-electron chi connectivity index (χ2n) is 5.55. The van der Waals surface area contributed by atoms with E-state index in [1.54, 1.807) is 13.0 Å². The summed E-state index contributed by atoms with van der Waals surface area (Å²) in [6, 6.07) is 5.31. The Balaban J connectivity index is 1.94. The number of amides is 1. The van der Waals surface area contributed by atoms with Crippen LogP contribution in [0.1, 0.15) is 22.5 Å². The van der Waals surface area contributed by atoms with Gasteiger partial charge in [-0.25, -0.2) is 12.8 Å². The van der Waals surface area contributed by atoms with Crippen molar-refractivity contribution in [1.29, 1.82) is 0 Å². The highest BCUT2D eigenvalue weighted by Crippen LogP contribution is 2.20. The third-order valence-corrected chi connectivity index (χ3v) is 5.48. The van der Waals surface area contributed by atoms with Crippen LogP contribution in [-0.4, -0.2) is 36.9 Å². The largest absolute Gasteiger partial charge is 0.348 e. The number of hydrogen-bond donors (Lipinski definition) is 1. The number of pyridine rings is 1. The lowest BCUT2D eigenvalue weighted by Gasteiger charge is -2.13. The van der Waals surface area contributed by atoms with E-state index in [1.807, 2.05) is 0 Å². The molecule has 22 heavy (non-hydrogen) atoms. The van der Waals surface area contributed by atoms with Gasteiger partial charge in [-0.05, 0) is 31.5 Å². The number of benzene rings is 1. The van der Waals surface area contributed by atoms with E-state index in [-0.39, 0.29) is 23.5 Å². The van der Waals surface area contributed by atoms with Crippen molar-refractivity contribution in [1.82, 2.24) is 10.3 Å². The lowest BCUT2D eigenvalue weighted by Crippen LogP contribution is -2.35. The van der Waals surface area contributed by atoms with E-state index in [0.29, 0.717) is 28.6 Å². The van der Waals surface area contributed by atoms with Crippen LogP contribution in [0.25, 0.3) is 10.9 Å². The molecule has 2 aromatic rings. The van der Waals surface area contributed by atoms with Gasteiger partial charge in [0.05, 0.1) is 22.6 Å². The molecule has 1 N–H and O–H groups in total. The third kappa shape index (κ3) is 2.94. The molecule has 0 aliphatic carbocycles. The van der Waals surface area contributed by atoms with Gasteiger partial charge < -0.3 is 5.32 Å². The summed E-state index contributed by atoms with van der Waals surface area (Å²) in [5.74, 6) is -0.711. The first-order chi connectivity index (χ1) is 10.3. The van der Waals surface area contributed by atoms with Gasteiger partial charge in [0.1, 0.15) is 5.82 Å². The van der Waals surface area contributed by atoms with Crippen molar-refractivity contribution in [2.75, 3.05) is 11.5 Å². The molecule has 1 atom stereocenters. The average molecular weight is 322 g/mol. The molecular weight excluding hydrogens is 307 g/mol. The topological polar surface area (TPSA) is 76.1 Å². The number of fused-ring (bicyclic) bond motifs is 1. The van der Waals surface area contributed by atoms with Gasteiger partial charge in [0.25, 0.3) is 5.91 Å². The summed E-state index contributed by atoms with van der Waals surface area (Å²) in [6.07, 6.45) is 0.421. The van der Waals surface area contributed by atoms with Crippen molar-refractivity contribution in [3.05, 3.63) is 41.3 Å². The summed E-state index contributed by atoms with van der Waals surface area (Å²) in [7, 11) is -3.06. The van der Waals surface area contributed by atoms with Crippen LogP contribution in [0.15, 0.2) is 24.3 Å². The smallest absolute Gasteiger partial charge is 0.252 e. The van der Waals surface area contributed by atoms with E-state index in [2.05, 4.69) is 10.3 Å². The Morgan fingerprint density at radius 3 is 2.82 bits per heavy atom. The highest BCUT2D eigenvalue weighted by atomic mass is 32.2. The molecule has 1 amide bonds. The third-order valence-electron chi connectivity index (χ3n) is 3.71. The Labute approximate surface area is 127 Å². The zero-order valence-corrected chi connectivity index (χ0v) is 12.8. The van der Waals surface area contributed by atoms with E-state index in [0.717, 1.165) is 0 Å². The van der Waals surface area contributed by atoms with Gasteiger partial charge in [0.15, 0.2) is 9.84 Å². The second-order valence-corrected chi connectivity index (χ2v) is 7.77. The minimum atomic E-state index is -3.06. The van der Waals surface area contributed by atoms with Crippen LogP contribution in [0.2, 0.25) is 0 Å². The first-order valence-electron chi connectivity index (χ1n) is 6.92. The first kappa shape index (κ1) is 14.9. The lowest BCUT2D eigenvalue weighted by molar-refractivity contribution is 0.0942. The summed E-state index contributed by atoms with van der Waals surface area (Å²) in [6.45, 7) is 1.72. The SMILES string of the molecule is Cc1cc(C(=O)N[C@H]2CCS(=O)(=O)C2)c2ccc(F)cc2n1. The molecule has 0 radical (unpaired) electrons. The molecule has 116 valence electrons. The molecular formula is C15H15FN2O3S. The number of hydrogen-bond acceptors (Lipinski definition) is 4. The highest BCUT2D eigenvalue weighted by molar-refractivity contribution is 7.91. The van der Waals surface area contributed by atoms with Gasteiger partial charge in [-0.3, -0.25) is 9.78 Å². The Kier molecular flexibility index (Phi) is 3.60. The molecule has 5 nitrogen and oxygen atoms in total. The normalized spacial score (nSPS) is 20.2.